The molecule has 3 N–H and O–H groups in total. The van der Waals surface area contributed by atoms with Crippen LogP contribution in [0.15, 0.2) is 176 Å². The van der Waals surface area contributed by atoms with E-state index >= 15 is 0 Å². The van der Waals surface area contributed by atoms with Crippen LogP contribution in [0.2, 0.25) is 0 Å². The van der Waals surface area contributed by atoms with Gasteiger partial charge in [0.05, 0.1) is 71.6 Å². The lowest BCUT2D eigenvalue weighted by molar-refractivity contribution is -0.247. The Morgan fingerprint density at radius 1 is 0.580 bits per heavy atom. The molecule has 0 spiro atoms. The third-order valence-electron chi connectivity index (χ3n) is 14.6. The summed E-state index contributed by atoms with van der Waals surface area (Å²) in [5.74, 6) is 0.436. The molecule has 0 aliphatic carbocycles. The number of hydrogen-bond donors (Lipinski definition) is 3. The zero-order valence-corrected chi connectivity index (χ0v) is 47.5. The van der Waals surface area contributed by atoms with Gasteiger partial charge >= 0.3 is 0 Å². The fourth-order valence-corrected chi connectivity index (χ4v) is 9.95. The van der Waals surface area contributed by atoms with Gasteiger partial charge in [-0.3, -0.25) is 9.59 Å². The number of aliphatic hydroxyl groups excluding tert-OH is 1. The monoisotopic (exact) mass is 1110 g/mol. The van der Waals surface area contributed by atoms with Crippen molar-refractivity contribution in [1.29, 1.82) is 0 Å². The molecule has 7 rings (SSSR count). The van der Waals surface area contributed by atoms with Crippen molar-refractivity contribution >= 4 is 11.8 Å². The lowest BCUT2D eigenvalue weighted by atomic mass is 10.0. The number of nitrogens with one attached hydrogen (secondary N) is 2. The topological polar surface area (TPSA) is 152 Å². The summed E-state index contributed by atoms with van der Waals surface area (Å²) in [5.41, 5.74) is 5.55. The average molecular weight is 1110 g/mol. The summed E-state index contributed by atoms with van der Waals surface area (Å²) in [7, 11) is 1.59. The van der Waals surface area contributed by atoms with Gasteiger partial charge in [0.2, 0.25) is 5.91 Å². The van der Waals surface area contributed by atoms with Gasteiger partial charge in [0.1, 0.15) is 30.2 Å². The van der Waals surface area contributed by atoms with Crippen LogP contribution in [0.3, 0.4) is 0 Å². The molecule has 3 unspecified atom stereocenters. The summed E-state index contributed by atoms with van der Waals surface area (Å²) in [6.45, 7) is 4.10. The van der Waals surface area contributed by atoms with Crippen molar-refractivity contribution in [2.24, 2.45) is 0 Å². The smallest absolute Gasteiger partial charge is 0.251 e. The molecule has 0 radical (unpaired) electrons. The lowest BCUT2D eigenvalue weighted by Gasteiger charge is -2.34. The van der Waals surface area contributed by atoms with Crippen LogP contribution < -0.4 is 15.4 Å². The fraction of sp³-hybridized carbons (Fsp3) is 0.441. The summed E-state index contributed by atoms with van der Waals surface area (Å²) in [5, 5.41) is 18.0. The maximum Gasteiger partial charge on any atom is 0.251 e. The van der Waals surface area contributed by atoms with Crippen molar-refractivity contribution in [1.82, 2.24) is 10.6 Å². The number of methoxy groups -OCH3 is 1. The fourth-order valence-electron chi connectivity index (χ4n) is 9.95. The number of ether oxygens (including phenoxy) is 8. The SMILES string of the molecule is CC[C@@H](O)[C@@H](OCc1ccccc1)[C@H](CO[C@H]1OC(COCc2ccccc2)[C@H](OCc2ccccc2)C(OCc2ccccc2)CC1OCc1ccccc1)NC(=O)CCCCCCCCCCCNC(=O)c1cccc(OC)c1. The van der Waals surface area contributed by atoms with Crippen LogP contribution in [0.5, 0.6) is 5.75 Å². The molecular formula is C68H86N2O11. The highest BCUT2D eigenvalue weighted by molar-refractivity contribution is 5.94. The normalized spacial score (nSPS) is 18.3. The largest absolute Gasteiger partial charge is 0.497 e. The first-order valence-corrected chi connectivity index (χ1v) is 29.3. The molecule has 6 aromatic carbocycles. The Bertz CT molecular complexity index is 2620. The third-order valence-corrected chi connectivity index (χ3v) is 14.6. The molecule has 2 amide bonds. The van der Waals surface area contributed by atoms with Gasteiger partial charge in [-0.2, -0.15) is 0 Å². The highest BCUT2D eigenvalue weighted by Crippen LogP contribution is 2.31. The van der Waals surface area contributed by atoms with Crippen LogP contribution in [0.4, 0.5) is 0 Å². The van der Waals surface area contributed by atoms with Crippen LogP contribution in [0.25, 0.3) is 0 Å². The maximum atomic E-state index is 14.1. The van der Waals surface area contributed by atoms with Crippen LogP contribution in [-0.2, 0) is 71.0 Å². The molecule has 0 bridgehead atoms. The van der Waals surface area contributed by atoms with E-state index in [0.29, 0.717) is 56.9 Å². The van der Waals surface area contributed by atoms with Gasteiger partial charge in [0.15, 0.2) is 6.29 Å². The van der Waals surface area contributed by atoms with E-state index in [-0.39, 0.29) is 38.2 Å². The zero-order chi connectivity index (χ0) is 56.5. The average Bonchev–Trinajstić information content (AvgIpc) is 3.65. The molecule has 8 atom stereocenters. The van der Waals surface area contributed by atoms with Crippen LogP contribution in [0, 0.1) is 0 Å². The van der Waals surface area contributed by atoms with Gasteiger partial charge in [-0.05, 0) is 65.3 Å². The standard InChI is InChI=1S/C68H86N2O11/c1-3-60(71)65(78-48-55-35-22-14-23-36-55)59(70-64(72)41-26-9-7-5-4-6-8-10-27-42-69-67(73)57-39-28-40-58(43-57)74-2)50-80-68-62(77-47-54-33-20-13-21-34-54)44-61(76-46-53-31-18-12-19-32-53)66(79-49-56-37-24-15-25-38-56)63(81-68)51-75-45-52-29-16-11-17-30-52/h11-25,28-40,43,59-63,65-66,68,71H,3-10,26-27,41-42,44-51H2,1-2H3,(H,69,73)(H,70,72)/t59-,60+,61?,62?,63?,65-,66+,68-/m0/s1. The minimum atomic E-state index is -0.995. The zero-order valence-electron chi connectivity index (χ0n) is 47.5. The van der Waals surface area contributed by atoms with Gasteiger partial charge < -0.3 is 53.6 Å². The minimum Gasteiger partial charge on any atom is -0.497 e. The highest BCUT2D eigenvalue weighted by Gasteiger charge is 2.44. The Hall–Kier alpha value is -6.26. The van der Waals surface area contributed by atoms with Gasteiger partial charge in [-0.15, -0.1) is 0 Å². The quantitative estimate of drug-likeness (QED) is 0.0320. The number of hydrogen-bond acceptors (Lipinski definition) is 11. The van der Waals surface area contributed by atoms with Gasteiger partial charge in [0, 0.05) is 24.9 Å². The van der Waals surface area contributed by atoms with Crippen LogP contribution in [-0.4, -0.2) is 92.7 Å². The predicted molar refractivity (Wildman–Crippen MR) is 315 cm³/mol. The molecule has 0 aromatic heterocycles. The molecule has 1 fully saturated rings. The molecule has 81 heavy (non-hydrogen) atoms. The number of aliphatic hydroxyl groups is 1. The first-order valence-electron chi connectivity index (χ1n) is 29.3. The van der Waals surface area contributed by atoms with E-state index in [1.807, 2.05) is 171 Å². The van der Waals surface area contributed by atoms with Crippen LogP contribution in [0.1, 0.15) is 122 Å². The van der Waals surface area contributed by atoms with Crippen LogP contribution >= 0.6 is 0 Å². The number of benzene rings is 6. The Morgan fingerprint density at radius 3 is 1.64 bits per heavy atom. The number of amides is 2. The van der Waals surface area contributed by atoms with Crippen molar-refractivity contribution in [3.63, 3.8) is 0 Å². The number of unbranched alkanes of at least 4 members (excludes halogenated alkanes) is 8. The van der Waals surface area contributed by atoms with E-state index in [1.165, 1.54) is 0 Å². The minimum absolute atomic E-state index is 0.0601. The molecule has 1 aliphatic heterocycles. The predicted octanol–water partition coefficient (Wildman–Crippen LogP) is 12.3. The second-order valence-electron chi connectivity index (χ2n) is 20.9. The van der Waals surface area contributed by atoms with E-state index in [4.69, 9.17) is 37.9 Å². The molecular weight excluding hydrogens is 1020 g/mol. The van der Waals surface area contributed by atoms with Gasteiger partial charge in [0.25, 0.3) is 5.91 Å². The number of rotatable bonds is 37. The number of carbonyl (C=O) groups is 2. The molecule has 434 valence electrons. The van der Waals surface area contributed by atoms with Crippen molar-refractivity contribution in [3.05, 3.63) is 209 Å². The Morgan fingerprint density at radius 2 is 1.09 bits per heavy atom. The Kier molecular flexibility index (Phi) is 27.9. The summed E-state index contributed by atoms with van der Waals surface area (Å²) in [6.07, 6.45) is 4.85. The maximum absolute atomic E-state index is 14.1. The van der Waals surface area contributed by atoms with Gasteiger partial charge in [-0.1, -0.05) is 210 Å². The second-order valence-corrected chi connectivity index (χ2v) is 20.9. The molecule has 0 saturated carbocycles. The summed E-state index contributed by atoms with van der Waals surface area (Å²) in [6, 6.07) is 56.4. The Balaban J connectivity index is 1.03. The molecule has 6 aromatic rings. The third kappa shape index (κ3) is 22.5. The summed E-state index contributed by atoms with van der Waals surface area (Å²) < 4.78 is 53.1. The second kappa shape index (κ2) is 36.3. The molecule has 13 heteroatoms. The molecule has 1 aliphatic rings. The lowest BCUT2D eigenvalue weighted by Crippen LogP contribution is -2.53. The first kappa shape index (κ1) is 62.3. The van der Waals surface area contributed by atoms with E-state index in [9.17, 15) is 14.7 Å². The van der Waals surface area contributed by atoms with E-state index in [1.54, 1.807) is 19.2 Å². The van der Waals surface area contributed by atoms with E-state index in [2.05, 4.69) is 10.6 Å². The summed E-state index contributed by atoms with van der Waals surface area (Å²) >= 11 is 0. The number of carbonyl (C=O) groups excluding carboxylic acids is 2. The van der Waals surface area contributed by atoms with E-state index < -0.39 is 49.0 Å². The van der Waals surface area contributed by atoms with Crippen molar-refractivity contribution < 1.29 is 52.6 Å². The van der Waals surface area contributed by atoms with E-state index in [0.717, 1.165) is 85.6 Å². The van der Waals surface area contributed by atoms with Crippen molar-refractivity contribution in [2.75, 3.05) is 26.9 Å². The molecule has 1 heterocycles. The first-order chi connectivity index (χ1) is 39.8. The Labute approximate surface area is 481 Å². The molecule has 13 nitrogen and oxygen atoms in total. The van der Waals surface area contributed by atoms with Crippen molar-refractivity contribution in [2.45, 2.75) is 166 Å². The highest BCUT2D eigenvalue weighted by atomic mass is 16.7. The van der Waals surface area contributed by atoms with Gasteiger partial charge in [-0.25, -0.2) is 0 Å². The summed E-state index contributed by atoms with van der Waals surface area (Å²) in [4.78, 5) is 26.6. The van der Waals surface area contributed by atoms with Crippen molar-refractivity contribution in [3.8, 4) is 5.75 Å². The molecule has 1 saturated heterocycles.